The average Bonchev–Trinajstić information content (AvgIpc) is 2.06. The van der Waals surface area contributed by atoms with Crippen LogP contribution in [0.3, 0.4) is 0 Å². The molecule has 0 aliphatic carbocycles. The van der Waals surface area contributed by atoms with Crippen LogP contribution < -0.4 is 5.19 Å². The summed E-state index contributed by atoms with van der Waals surface area (Å²) in [7, 11) is -1.18. The lowest BCUT2D eigenvalue weighted by Gasteiger charge is -2.26. The highest BCUT2D eigenvalue weighted by atomic mass is 29.2. The van der Waals surface area contributed by atoms with Gasteiger partial charge in [0, 0.05) is 8.31 Å². The summed E-state index contributed by atoms with van der Waals surface area (Å²) >= 11 is 0. The Morgan fingerprint density at radius 1 is 1.00 bits per heavy atom. The van der Waals surface area contributed by atoms with Crippen molar-refractivity contribution in [2.24, 2.45) is 0 Å². The highest BCUT2D eigenvalue weighted by Crippen LogP contribution is 2.07. The van der Waals surface area contributed by atoms with Crippen molar-refractivity contribution in [1.29, 1.82) is 0 Å². The first-order chi connectivity index (χ1) is 5.55. The normalized spacial score (nSPS) is 12.1. The molecule has 0 fully saturated rings. The maximum absolute atomic E-state index is 2.48. The van der Waals surface area contributed by atoms with E-state index in [2.05, 4.69) is 56.5 Å². The molecule has 0 N–H and O–H groups in total. The lowest BCUT2D eigenvalue weighted by atomic mass is 10.4. The molecule has 0 aromatic heterocycles. The third-order valence-electron chi connectivity index (χ3n) is 2.75. The Balaban J connectivity index is 2.98. The van der Waals surface area contributed by atoms with Crippen molar-refractivity contribution < 1.29 is 0 Å². The summed E-state index contributed by atoms with van der Waals surface area (Å²) in [6.45, 7) is 9.83. The van der Waals surface area contributed by atoms with E-state index in [1.165, 1.54) is 0 Å². The van der Waals surface area contributed by atoms with Crippen LogP contribution in [0.5, 0.6) is 0 Å². The van der Waals surface area contributed by atoms with Crippen LogP contribution in [-0.4, -0.2) is 15.9 Å². The van der Waals surface area contributed by atoms with Crippen molar-refractivity contribution in [1.82, 2.24) is 0 Å². The van der Waals surface area contributed by atoms with Crippen molar-refractivity contribution in [3.05, 3.63) is 30.3 Å². The molecule has 0 heterocycles. The van der Waals surface area contributed by atoms with E-state index in [0.717, 1.165) is 0 Å². The van der Waals surface area contributed by atoms with Crippen LogP contribution in [0.2, 0.25) is 26.2 Å². The van der Waals surface area contributed by atoms with Crippen LogP contribution in [-0.2, 0) is 0 Å². The molecule has 1 aromatic carbocycles. The predicted molar refractivity (Wildman–Crippen MR) is 61.0 cm³/mol. The predicted octanol–water partition coefficient (Wildman–Crippen LogP) is 2.43. The summed E-state index contributed by atoms with van der Waals surface area (Å²) in [4.78, 5) is 0. The lowest BCUT2D eigenvalue weighted by molar-refractivity contribution is 1.72. The molecule has 0 saturated carbocycles. The van der Waals surface area contributed by atoms with E-state index in [4.69, 9.17) is 0 Å². The molecule has 1 radical (unpaired) electrons. The molecule has 1 aromatic rings. The van der Waals surface area contributed by atoms with Crippen LogP contribution in [0.25, 0.3) is 0 Å². The molecule has 0 atom stereocenters. The van der Waals surface area contributed by atoms with Crippen LogP contribution >= 0.6 is 0 Å². The van der Waals surface area contributed by atoms with Gasteiger partial charge in [-0.15, -0.1) is 0 Å². The first-order valence-electron chi connectivity index (χ1n) is 4.41. The molecule has 0 saturated heterocycles. The first kappa shape index (κ1) is 9.74. The molecule has 0 nitrogen and oxygen atoms in total. The van der Waals surface area contributed by atoms with Crippen LogP contribution in [0.15, 0.2) is 30.3 Å². The quantitative estimate of drug-likeness (QED) is 0.633. The summed E-state index contributed by atoms with van der Waals surface area (Å²) in [5.41, 5.74) is 0. The lowest BCUT2D eigenvalue weighted by Crippen LogP contribution is -2.52. The fourth-order valence-electron chi connectivity index (χ4n) is 1.14. The molecular formula is C10H17Si2. The molecule has 1 rings (SSSR count). The number of hydrogen-bond donors (Lipinski definition) is 0. The van der Waals surface area contributed by atoms with E-state index in [9.17, 15) is 0 Å². The third-order valence-corrected chi connectivity index (χ3v) is 15.4. The van der Waals surface area contributed by atoms with E-state index < -0.39 is 7.59 Å². The molecule has 2 heteroatoms. The largest absolute Gasteiger partial charge is 0.0730 e. The van der Waals surface area contributed by atoms with Crippen molar-refractivity contribution in [2.45, 2.75) is 26.2 Å². The van der Waals surface area contributed by atoms with Crippen molar-refractivity contribution in [2.75, 3.05) is 0 Å². The Labute approximate surface area is 78.0 Å². The summed E-state index contributed by atoms with van der Waals surface area (Å²) in [5.74, 6) is 0. The van der Waals surface area contributed by atoms with Gasteiger partial charge >= 0.3 is 0 Å². The zero-order valence-electron chi connectivity index (χ0n) is 8.39. The molecule has 0 spiro atoms. The summed E-state index contributed by atoms with van der Waals surface area (Å²) in [5, 5.41) is 1.61. The number of rotatable bonds is 2. The van der Waals surface area contributed by atoms with E-state index in [-0.39, 0.29) is 8.31 Å². The zero-order valence-corrected chi connectivity index (χ0v) is 10.4. The number of hydrogen-bond acceptors (Lipinski definition) is 0. The van der Waals surface area contributed by atoms with Gasteiger partial charge in [0.1, 0.15) is 0 Å². The Morgan fingerprint density at radius 2 is 1.50 bits per heavy atom. The van der Waals surface area contributed by atoms with Crippen molar-refractivity contribution in [3.8, 4) is 0 Å². The van der Waals surface area contributed by atoms with Crippen LogP contribution in [0, 0.1) is 0 Å². The Kier molecular flexibility index (Phi) is 2.91. The standard InChI is InChI=1S/C10H17Si2/c1-11(2)12(3,4)10-8-6-5-7-9-10/h5-9H,1-4H3. The van der Waals surface area contributed by atoms with Gasteiger partial charge in [-0.1, -0.05) is 61.7 Å². The Morgan fingerprint density at radius 3 is 1.92 bits per heavy atom. The minimum absolute atomic E-state index is 0.124. The van der Waals surface area contributed by atoms with E-state index in [1.807, 2.05) is 0 Å². The smallest absolute Gasteiger partial charge is 0.0711 e. The van der Waals surface area contributed by atoms with E-state index >= 15 is 0 Å². The van der Waals surface area contributed by atoms with Gasteiger partial charge in [-0.05, 0) is 0 Å². The van der Waals surface area contributed by atoms with Crippen molar-refractivity contribution >= 4 is 21.1 Å². The SMILES string of the molecule is C[Si](C)[Si](C)(C)c1ccccc1. The summed E-state index contributed by atoms with van der Waals surface area (Å²) in [6, 6.07) is 11.0. The third kappa shape index (κ3) is 1.87. The Bertz CT molecular complexity index is 239. The topological polar surface area (TPSA) is 0 Å². The molecule has 0 amide bonds. The van der Waals surface area contributed by atoms with Gasteiger partial charge in [0.25, 0.3) is 0 Å². The van der Waals surface area contributed by atoms with Gasteiger partial charge in [-0.3, -0.25) is 0 Å². The second-order valence-electron chi connectivity index (χ2n) is 3.99. The second kappa shape index (κ2) is 3.58. The number of benzene rings is 1. The maximum atomic E-state index is 2.48. The van der Waals surface area contributed by atoms with Gasteiger partial charge in [-0.2, -0.15) is 0 Å². The molecule has 0 aliphatic rings. The average molecular weight is 193 g/mol. The van der Waals surface area contributed by atoms with Gasteiger partial charge < -0.3 is 0 Å². The van der Waals surface area contributed by atoms with Crippen molar-refractivity contribution in [3.63, 3.8) is 0 Å². The fraction of sp³-hybridized carbons (Fsp3) is 0.400. The van der Waals surface area contributed by atoms with Crippen LogP contribution in [0.1, 0.15) is 0 Å². The summed E-state index contributed by atoms with van der Waals surface area (Å²) in [6.07, 6.45) is 0. The van der Waals surface area contributed by atoms with Gasteiger partial charge in [0.15, 0.2) is 0 Å². The fourth-order valence-corrected chi connectivity index (χ4v) is 4.98. The maximum Gasteiger partial charge on any atom is 0.0711 e. The summed E-state index contributed by atoms with van der Waals surface area (Å²) < 4.78 is 0. The second-order valence-corrected chi connectivity index (χ2v) is 16.6. The first-order valence-corrected chi connectivity index (χ1v) is 10.9. The molecule has 0 bridgehead atoms. The van der Waals surface area contributed by atoms with Crippen LogP contribution in [0.4, 0.5) is 0 Å². The molecule has 0 unspecified atom stereocenters. The van der Waals surface area contributed by atoms with Gasteiger partial charge in [-0.25, -0.2) is 0 Å². The molecule has 0 aliphatic heterocycles. The highest BCUT2D eigenvalue weighted by Gasteiger charge is 2.27. The Hall–Kier alpha value is -0.346. The highest BCUT2D eigenvalue weighted by molar-refractivity contribution is 7.37. The molecule has 65 valence electrons. The zero-order chi connectivity index (χ0) is 9.19. The van der Waals surface area contributed by atoms with E-state index in [1.54, 1.807) is 5.19 Å². The minimum atomic E-state index is -1.05. The van der Waals surface area contributed by atoms with Gasteiger partial charge in [0.2, 0.25) is 0 Å². The molecular weight excluding hydrogens is 176 g/mol. The van der Waals surface area contributed by atoms with E-state index in [0.29, 0.717) is 0 Å². The van der Waals surface area contributed by atoms with Gasteiger partial charge in [0.05, 0.1) is 7.59 Å². The molecule has 12 heavy (non-hydrogen) atoms. The monoisotopic (exact) mass is 193 g/mol. The minimum Gasteiger partial charge on any atom is -0.0730 e.